The molecule has 1 heterocycles. The first-order chi connectivity index (χ1) is 13.2. The van der Waals surface area contributed by atoms with Crippen molar-refractivity contribution < 1.29 is 27.5 Å². The molecule has 0 spiro atoms. The molecule has 1 aromatic carbocycles. The number of methoxy groups -OCH3 is 1. The highest BCUT2D eigenvalue weighted by Crippen LogP contribution is 2.18. The highest BCUT2D eigenvalue weighted by Gasteiger charge is 2.23. The molecule has 152 valence electrons. The third-order valence-corrected chi connectivity index (χ3v) is 5.87. The summed E-state index contributed by atoms with van der Waals surface area (Å²) in [6.07, 6.45) is -0.000136. The van der Waals surface area contributed by atoms with Crippen LogP contribution in [0.3, 0.4) is 0 Å². The summed E-state index contributed by atoms with van der Waals surface area (Å²) in [6.45, 7) is 3.40. The number of hydrogen-bond acceptors (Lipinski definition) is 8. The first-order valence-corrected chi connectivity index (χ1v) is 10.7. The molecule has 2 N–H and O–H groups in total. The van der Waals surface area contributed by atoms with Crippen molar-refractivity contribution in [1.82, 2.24) is 9.71 Å². The van der Waals surface area contributed by atoms with Crippen molar-refractivity contribution in [1.29, 1.82) is 0 Å². The van der Waals surface area contributed by atoms with Crippen molar-refractivity contribution in [2.24, 2.45) is 0 Å². The maximum Gasteiger partial charge on any atom is 0.311 e. The molecule has 28 heavy (non-hydrogen) atoms. The Hall–Kier alpha value is -2.50. The Labute approximate surface area is 167 Å². The summed E-state index contributed by atoms with van der Waals surface area (Å²) in [5.41, 5.74) is 0.463. The van der Waals surface area contributed by atoms with Gasteiger partial charge in [0.15, 0.2) is 5.13 Å². The minimum absolute atomic E-state index is 0.000136. The number of esters is 1. The van der Waals surface area contributed by atoms with Gasteiger partial charge in [-0.25, -0.2) is 13.4 Å². The number of nitrogens with zero attached hydrogens (tertiary/aromatic N) is 1. The Morgan fingerprint density at radius 2 is 1.93 bits per heavy atom. The summed E-state index contributed by atoms with van der Waals surface area (Å²) in [5.74, 6) is -0.465. The molecular formula is C17H21N3O6S2. The zero-order chi connectivity index (χ0) is 20.7. The molecule has 0 saturated carbocycles. The van der Waals surface area contributed by atoms with Crippen LogP contribution in [0.2, 0.25) is 0 Å². The van der Waals surface area contributed by atoms with E-state index in [0.717, 1.165) is 11.3 Å². The summed E-state index contributed by atoms with van der Waals surface area (Å²) >= 11 is 1.13. The number of amides is 1. The van der Waals surface area contributed by atoms with Crippen molar-refractivity contribution >= 4 is 38.4 Å². The van der Waals surface area contributed by atoms with Gasteiger partial charge in [-0.3, -0.25) is 9.59 Å². The van der Waals surface area contributed by atoms with E-state index >= 15 is 0 Å². The van der Waals surface area contributed by atoms with Gasteiger partial charge in [0.05, 0.1) is 36.8 Å². The number of carbonyl (C=O) groups excluding carboxylic acids is 2. The molecule has 0 unspecified atom stereocenters. The van der Waals surface area contributed by atoms with Crippen LogP contribution in [-0.4, -0.2) is 45.0 Å². The number of carbonyl (C=O) groups is 2. The quantitative estimate of drug-likeness (QED) is 0.582. The third kappa shape index (κ3) is 6.01. The zero-order valence-corrected chi connectivity index (χ0v) is 17.2. The molecule has 2 rings (SSSR count). The highest BCUT2D eigenvalue weighted by atomic mass is 32.2. The minimum atomic E-state index is -3.88. The fourth-order valence-corrected chi connectivity index (χ4v) is 4.04. The molecule has 1 aromatic heterocycles. The molecule has 1 atom stereocenters. The molecule has 2 aromatic rings. The number of thiazole rings is 1. The number of ether oxygens (including phenoxy) is 2. The van der Waals surface area contributed by atoms with Gasteiger partial charge in [0.1, 0.15) is 5.75 Å². The van der Waals surface area contributed by atoms with Crippen molar-refractivity contribution in [2.45, 2.75) is 31.2 Å². The van der Waals surface area contributed by atoms with Crippen LogP contribution in [0.4, 0.5) is 5.13 Å². The van der Waals surface area contributed by atoms with Crippen LogP contribution in [0, 0.1) is 0 Å². The molecule has 0 saturated heterocycles. The number of benzene rings is 1. The van der Waals surface area contributed by atoms with E-state index in [0.29, 0.717) is 11.4 Å². The minimum Gasteiger partial charge on any atom is -0.497 e. The van der Waals surface area contributed by atoms with Gasteiger partial charge >= 0.3 is 5.97 Å². The molecule has 0 radical (unpaired) electrons. The lowest BCUT2D eigenvalue weighted by Crippen LogP contribution is -2.41. The largest absolute Gasteiger partial charge is 0.497 e. The molecular weight excluding hydrogens is 406 g/mol. The second-order valence-electron chi connectivity index (χ2n) is 5.63. The lowest BCUT2D eigenvalue weighted by molar-refractivity contribution is -0.142. The topological polar surface area (TPSA) is 124 Å². The van der Waals surface area contributed by atoms with Crippen LogP contribution >= 0.6 is 11.3 Å². The maximum absolute atomic E-state index is 12.4. The summed E-state index contributed by atoms with van der Waals surface area (Å²) in [6, 6.07) is 4.76. The zero-order valence-electron chi connectivity index (χ0n) is 15.6. The first kappa shape index (κ1) is 21.8. The third-order valence-electron chi connectivity index (χ3n) is 3.51. The number of aromatic nitrogens is 1. The van der Waals surface area contributed by atoms with E-state index in [2.05, 4.69) is 15.0 Å². The molecule has 0 bridgehead atoms. The number of nitrogens with one attached hydrogen (secondary N) is 2. The summed E-state index contributed by atoms with van der Waals surface area (Å²) in [4.78, 5) is 27.9. The van der Waals surface area contributed by atoms with E-state index in [1.807, 2.05) is 0 Å². The Balaban J connectivity index is 1.96. The Morgan fingerprint density at radius 3 is 2.54 bits per heavy atom. The van der Waals surface area contributed by atoms with Crippen LogP contribution in [0.1, 0.15) is 19.5 Å². The molecule has 0 aliphatic rings. The van der Waals surface area contributed by atoms with E-state index in [4.69, 9.17) is 9.47 Å². The SMILES string of the molecule is CCOC(=O)Cc1csc(NC(=O)[C@H](C)NS(=O)(=O)c2ccc(OC)cc2)n1. The molecule has 1 amide bonds. The van der Waals surface area contributed by atoms with E-state index in [9.17, 15) is 18.0 Å². The number of hydrogen-bond donors (Lipinski definition) is 2. The average molecular weight is 428 g/mol. The molecule has 11 heteroatoms. The predicted molar refractivity (Wildman–Crippen MR) is 104 cm³/mol. The normalized spacial score (nSPS) is 12.2. The van der Waals surface area contributed by atoms with Gasteiger partial charge in [-0.15, -0.1) is 11.3 Å². The van der Waals surface area contributed by atoms with Crippen molar-refractivity contribution in [3.8, 4) is 5.75 Å². The fraction of sp³-hybridized carbons (Fsp3) is 0.353. The fourth-order valence-electron chi connectivity index (χ4n) is 2.13. The van der Waals surface area contributed by atoms with Crippen molar-refractivity contribution in [3.63, 3.8) is 0 Å². The van der Waals surface area contributed by atoms with Gasteiger partial charge in [-0.1, -0.05) is 0 Å². The summed E-state index contributed by atoms with van der Waals surface area (Å²) in [7, 11) is -2.41. The lowest BCUT2D eigenvalue weighted by atomic mass is 10.3. The van der Waals surface area contributed by atoms with Crippen LogP contribution in [0.5, 0.6) is 5.75 Å². The van der Waals surface area contributed by atoms with Gasteiger partial charge in [-0.05, 0) is 38.1 Å². The van der Waals surface area contributed by atoms with Gasteiger partial charge in [0.2, 0.25) is 15.9 Å². The first-order valence-electron chi connectivity index (χ1n) is 8.32. The Bertz CT molecular complexity index is 925. The van der Waals surface area contributed by atoms with Gasteiger partial charge in [-0.2, -0.15) is 4.72 Å². The van der Waals surface area contributed by atoms with Crippen LogP contribution < -0.4 is 14.8 Å². The van der Waals surface area contributed by atoms with Crippen LogP contribution in [0.25, 0.3) is 0 Å². The highest BCUT2D eigenvalue weighted by molar-refractivity contribution is 7.89. The molecule has 0 aliphatic carbocycles. The van der Waals surface area contributed by atoms with E-state index in [-0.39, 0.29) is 23.1 Å². The van der Waals surface area contributed by atoms with Crippen LogP contribution in [0.15, 0.2) is 34.5 Å². The van der Waals surface area contributed by atoms with Gasteiger partial charge < -0.3 is 14.8 Å². The lowest BCUT2D eigenvalue weighted by Gasteiger charge is -2.13. The van der Waals surface area contributed by atoms with Crippen LogP contribution in [-0.2, 0) is 30.8 Å². The van der Waals surface area contributed by atoms with Crippen molar-refractivity contribution in [3.05, 3.63) is 35.3 Å². The van der Waals surface area contributed by atoms with Gasteiger partial charge in [0, 0.05) is 5.38 Å². The second kappa shape index (κ2) is 9.62. The predicted octanol–water partition coefficient (Wildman–Crippen LogP) is 1.56. The smallest absolute Gasteiger partial charge is 0.311 e. The maximum atomic E-state index is 12.4. The molecule has 9 nitrogen and oxygen atoms in total. The average Bonchev–Trinajstić information content (AvgIpc) is 3.08. The van der Waals surface area contributed by atoms with Gasteiger partial charge in [0.25, 0.3) is 0 Å². The molecule has 0 fully saturated rings. The number of sulfonamides is 1. The Morgan fingerprint density at radius 1 is 1.25 bits per heavy atom. The second-order valence-corrected chi connectivity index (χ2v) is 8.21. The van der Waals surface area contributed by atoms with E-state index in [1.165, 1.54) is 38.3 Å². The summed E-state index contributed by atoms with van der Waals surface area (Å²) in [5, 5.41) is 4.42. The number of anilines is 1. The van der Waals surface area contributed by atoms with E-state index in [1.54, 1.807) is 12.3 Å². The Kier molecular flexibility index (Phi) is 7.49. The number of rotatable bonds is 9. The molecule has 0 aliphatic heterocycles. The standard InChI is InChI=1S/C17H21N3O6S2/c1-4-26-15(21)9-12-10-27-17(18-12)19-16(22)11(2)20-28(23,24)14-7-5-13(25-3)6-8-14/h5-8,10-11,20H,4,9H2,1-3H3,(H,18,19,22)/t11-/m0/s1. The van der Waals surface area contributed by atoms with E-state index < -0.39 is 27.9 Å². The monoisotopic (exact) mass is 427 g/mol. The van der Waals surface area contributed by atoms with Crippen molar-refractivity contribution in [2.75, 3.05) is 19.0 Å². The summed E-state index contributed by atoms with van der Waals surface area (Å²) < 4.78 is 36.9.